The quantitative estimate of drug-likeness (QED) is 0.661. The highest BCUT2D eigenvalue weighted by molar-refractivity contribution is 5.92. The fourth-order valence-corrected chi connectivity index (χ4v) is 2.36. The van der Waals surface area contributed by atoms with Gasteiger partial charge in [0.1, 0.15) is 5.82 Å². The van der Waals surface area contributed by atoms with E-state index in [2.05, 4.69) is 5.32 Å². The van der Waals surface area contributed by atoms with Gasteiger partial charge in [0.2, 0.25) is 0 Å². The SMILES string of the molecule is O=C(NCCOCc1ccccc1)c1cc(-c2cccc(F)c2)co1. The van der Waals surface area contributed by atoms with E-state index >= 15 is 0 Å². The van der Waals surface area contributed by atoms with Crippen molar-refractivity contribution in [1.29, 1.82) is 0 Å². The number of carbonyl (C=O) groups excluding carboxylic acids is 1. The zero-order chi connectivity index (χ0) is 17.5. The van der Waals surface area contributed by atoms with Crippen LogP contribution < -0.4 is 5.32 Å². The minimum absolute atomic E-state index is 0.183. The second-order valence-electron chi connectivity index (χ2n) is 5.50. The lowest BCUT2D eigenvalue weighted by Gasteiger charge is -2.05. The van der Waals surface area contributed by atoms with Crippen LogP contribution in [0.1, 0.15) is 16.1 Å². The number of rotatable bonds is 7. The maximum absolute atomic E-state index is 13.3. The van der Waals surface area contributed by atoms with Crippen LogP contribution in [0.3, 0.4) is 0 Å². The third-order valence-electron chi connectivity index (χ3n) is 3.62. The van der Waals surface area contributed by atoms with Gasteiger partial charge in [-0.05, 0) is 29.3 Å². The Morgan fingerprint density at radius 2 is 1.88 bits per heavy atom. The molecule has 3 rings (SSSR count). The molecule has 128 valence electrons. The van der Waals surface area contributed by atoms with E-state index in [-0.39, 0.29) is 17.5 Å². The number of hydrogen-bond acceptors (Lipinski definition) is 3. The maximum atomic E-state index is 13.3. The second-order valence-corrected chi connectivity index (χ2v) is 5.50. The smallest absolute Gasteiger partial charge is 0.287 e. The average molecular weight is 339 g/mol. The van der Waals surface area contributed by atoms with E-state index in [1.54, 1.807) is 18.2 Å². The van der Waals surface area contributed by atoms with Gasteiger partial charge in [-0.1, -0.05) is 42.5 Å². The number of halogens is 1. The summed E-state index contributed by atoms with van der Waals surface area (Å²) in [5.41, 5.74) is 2.40. The summed E-state index contributed by atoms with van der Waals surface area (Å²) in [4.78, 5) is 12.1. The Morgan fingerprint density at radius 3 is 2.68 bits per heavy atom. The van der Waals surface area contributed by atoms with Crippen LogP contribution in [0.25, 0.3) is 11.1 Å². The molecule has 0 aliphatic heterocycles. The molecule has 0 radical (unpaired) electrons. The zero-order valence-electron chi connectivity index (χ0n) is 13.6. The highest BCUT2D eigenvalue weighted by atomic mass is 19.1. The van der Waals surface area contributed by atoms with Crippen molar-refractivity contribution in [1.82, 2.24) is 5.32 Å². The zero-order valence-corrected chi connectivity index (χ0v) is 13.6. The predicted octanol–water partition coefficient (Wildman–Crippen LogP) is 4.03. The summed E-state index contributed by atoms with van der Waals surface area (Å²) >= 11 is 0. The van der Waals surface area contributed by atoms with Crippen molar-refractivity contribution >= 4 is 5.91 Å². The van der Waals surface area contributed by atoms with Crippen molar-refractivity contribution in [3.05, 3.63) is 84.1 Å². The Bertz CT molecular complexity index is 830. The largest absolute Gasteiger partial charge is 0.459 e. The molecule has 0 unspecified atom stereocenters. The van der Waals surface area contributed by atoms with E-state index in [0.717, 1.165) is 5.56 Å². The van der Waals surface area contributed by atoms with Crippen molar-refractivity contribution in [2.75, 3.05) is 13.2 Å². The number of benzene rings is 2. The van der Waals surface area contributed by atoms with Gasteiger partial charge in [-0.15, -0.1) is 0 Å². The second kappa shape index (κ2) is 8.26. The van der Waals surface area contributed by atoms with Crippen molar-refractivity contribution in [3.8, 4) is 11.1 Å². The summed E-state index contributed by atoms with van der Waals surface area (Å²) in [6.07, 6.45) is 1.44. The molecule has 0 atom stereocenters. The van der Waals surface area contributed by atoms with E-state index in [1.165, 1.54) is 18.4 Å². The van der Waals surface area contributed by atoms with Crippen LogP contribution >= 0.6 is 0 Å². The van der Waals surface area contributed by atoms with Gasteiger partial charge in [0.25, 0.3) is 5.91 Å². The lowest BCUT2D eigenvalue weighted by molar-refractivity contribution is 0.0875. The van der Waals surface area contributed by atoms with Crippen LogP contribution in [0.2, 0.25) is 0 Å². The molecule has 0 bridgehead atoms. The van der Waals surface area contributed by atoms with Gasteiger partial charge < -0.3 is 14.5 Å². The molecule has 3 aromatic rings. The van der Waals surface area contributed by atoms with Crippen LogP contribution in [0.4, 0.5) is 4.39 Å². The molecule has 0 spiro atoms. The number of hydrogen-bond donors (Lipinski definition) is 1. The van der Waals surface area contributed by atoms with Gasteiger partial charge in [0.05, 0.1) is 19.5 Å². The topological polar surface area (TPSA) is 51.5 Å². The lowest BCUT2D eigenvalue weighted by Crippen LogP contribution is -2.26. The highest BCUT2D eigenvalue weighted by Gasteiger charge is 2.12. The molecule has 1 amide bonds. The molecule has 5 heteroatoms. The number of furan rings is 1. The third kappa shape index (κ3) is 4.78. The van der Waals surface area contributed by atoms with Gasteiger partial charge in [-0.3, -0.25) is 4.79 Å². The number of amides is 1. The van der Waals surface area contributed by atoms with E-state index < -0.39 is 0 Å². The van der Waals surface area contributed by atoms with E-state index in [1.807, 2.05) is 30.3 Å². The minimum atomic E-state index is -0.333. The van der Waals surface area contributed by atoms with Gasteiger partial charge in [0, 0.05) is 12.1 Å². The summed E-state index contributed by atoms with van der Waals surface area (Å²) < 4.78 is 24.0. The maximum Gasteiger partial charge on any atom is 0.287 e. The minimum Gasteiger partial charge on any atom is -0.459 e. The van der Waals surface area contributed by atoms with E-state index in [0.29, 0.717) is 30.9 Å². The van der Waals surface area contributed by atoms with Gasteiger partial charge >= 0.3 is 0 Å². The summed E-state index contributed by atoms with van der Waals surface area (Å²) in [7, 11) is 0. The van der Waals surface area contributed by atoms with Gasteiger partial charge in [0.15, 0.2) is 5.76 Å². The molecule has 1 aromatic heterocycles. The highest BCUT2D eigenvalue weighted by Crippen LogP contribution is 2.22. The Morgan fingerprint density at radius 1 is 1.04 bits per heavy atom. The molecule has 4 nitrogen and oxygen atoms in total. The van der Waals surface area contributed by atoms with Crippen molar-refractivity contribution in [3.63, 3.8) is 0 Å². The van der Waals surface area contributed by atoms with E-state index in [9.17, 15) is 9.18 Å². The molecule has 1 N–H and O–H groups in total. The number of carbonyl (C=O) groups is 1. The molecule has 0 fully saturated rings. The van der Waals surface area contributed by atoms with Crippen molar-refractivity contribution in [2.45, 2.75) is 6.61 Å². The standard InChI is InChI=1S/C20H18FNO3/c21-18-8-4-7-16(11-18)17-12-19(25-14-17)20(23)22-9-10-24-13-15-5-2-1-3-6-15/h1-8,11-12,14H,9-10,13H2,(H,22,23). The van der Waals surface area contributed by atoms with Crippen LogP contribution in [0.5, 0.6) is 0 Å². The Balaban J connectivity index is 1.46. The predicted molar refractivity (Wildman–Crippen MR) is 92.5 cm³/mol. The molecule has 0 saturated heterocycles. The van der Waals surface area contributed by atoms with Crippen molar-refractivity contribution in [2.24, 2.45) is 0 Å². The first-order valence-electron chi connectivity index (χ1n) is 7.97. The monoisotopic (exact) mass is 339 g/mol. The Labute approximate surface area is 145 Å². The van der Waals surface area contributed by atoms with Gasteiger partial charge in [-0.2, -0.15) is 0 Å². The van der Waals surface area contributed by atoms with Crippen LogP contribution in [-0.4, -0.2) is 19.1 Å². The summed E-state index contributed by atoms with van der Waals surface area (Å²) in [5, 5.41) is 2.73. The first-order valence-corrected chi connectivity index (χ1v) is 7.97. The lowest BCUT2D eigenvalue weighted by atomic mass is 10.1. The fourth-order valence-electron chi connectivity index (χ4n) is 2.36. The fraction of sp³-hybridized carbons (Fsp3) is 0.150. The summed E-state index contributed by atoms with van der Waals surface area (Å²) in [5.74, 6) is -0.478. The molecule has 1 heterocycles. The molecule has 0 saturated carbocycles. The number of ether oxygens (including phenoxy) is 1. The van der Waals surface area contributed by atoms with Gasteiger partial charge in [-0.25, -0.2) is 4.39 Å². The number of nitrogens with one attached hydrogen (secondary N) is 1. The molecule has 0 aliphatic rings. The Hall–Kier alpha value is -2.92. The normalized spacial score (nSPS) is 10.6. The first kappa shape index (κ1) is 16.9. The first-order chi connectivity index (χ1) is 12.2. The third-order valence-corrected chi connectivity index (χ3v) is 3.62. The van der Waals surface area contributed by atoms with Crippen LogP contribution in [0, 0.1) is 5.82 Å². The van der Waals surface area contributed by atoms with Crippen molar-refractivity contribution < 1.29 is 18.3 Å². The summed E-state index contributed by atoms with van der Waals surface area (Å²) in [6.45, 7) is 1.28. The molecule has 0 aliphatic carbocycles. The Kier molecular flexibility index (Phi) is 5.59. The molecular formula is C20H18FNO3. The average Bonchev–Trinajstić information content (AvgIpc) is 3.12. The molecular weight excluding hydrogens is 321 g/mol. The molecule has 25 heavy (non-hydrogen) atoms. The summed E-state index contributed by atoms with van der Waals surface area (Å²) in [6, 6.07) is 17.5. The van der Waals surface area contributed by atoms with Crippen LogP contribution in [0.15, 0.2) is 71.3 Å². The molecule has 2 aromatic carbocycles. The van der Waals surface area contributed by atoms with Crippen LogP contribution in [-0.2, 0) is 11.3 Å². The van der Waals surface area contributed by atoms with E-state index in [4.69, 9.17) is 9.15 Å².